The van der Waals surface area contributed by atoms with Crippen molar-refractivity contribution in [2.75, 3.05) is 13.2 Å². The van der Waals surface area contributed by atoms with E-state index in [1.165, 1.54) is 0 Å². The predicted molar refractivity (Wildman–Crippen MR) is 62.3 cm³/mol. The fraction of sp³-hybridized carbons (Fsp3) is 0.417. The van der Waals surface area contributed by atoms with E-state index in [9.17, 15) is 5.11 Å². The Hall–Kier alpha value is -1.55. The second-order valence-corrected chi connectivity index (χ2v) is 3.82. The molecule has 2 unspecified atom stereocenters. The average molecular weight is 220 g/mol. The summed E-state index contributed by atoms with van der Waals surface area (Å²) in [5.74, 6) is 0. The van der Waals surface area contributed by atoms with Gasteiger partial charge in [-0.25, -0.2) is 4.99 Å². The van der Waals surface area contributed by atoms with Gasteiger partial charge in [-0.3, -0.25) is 0 Å². The number of nitrogens with one attached hydrogen (secondary N) is 1. The van der Waals surface area contributed by atoms with E-state index in [4.69, 9.17) is 4.74 Å². The molecule has 1 aliphatic rings. The summed E-state index contributed by atoms with van der Waals surface area (Å²) in [4.78, 5) is 4.12. The second-order valence-electron chi connectivity index (χ2n) is 3.82. The Morgan fingerprint density at radius 2 is 2.12 bits per heavy atom. The van der Waals surface area contributed by atoms with Crippen LogP contribution >= 0.6 is 0 Å². The van der Waals surface area contributed by atoms with Crippen LogP contribution in [0.25, 0.3) is 0 Å². The van der Waals surface area contributed by atoms with Crippen LogP contribution in [-0.2, 0) is 4.74 Å². The Morgan fingerprint density at radius 3 is 2.75 bits per heavy atom. The first-order valence-electron chi connectivity index (χ1n) is 5.44. The highest BCUT2D eigenvalue weighted by Crippen LogP contribution is 2.16. The number of aliphatic hydroxyl groups excluding tert-OH is 1. The molecule has 0 spiro atoms. The van der Waals surface area contributed by atoms with E-state index >= 15 is 0 Å². The monoisotopic (exact) mass is 220 g/mol. The molecule has 0 aliphatic carbocycles. The maximum atomic E-state index is 10.1. The Balaban J connectivity index is 1.96. The molecule has 2 atom stereocenters. The quantitative estimate of drug-likeness (QED) is 0.801. The van der Waals surface area contributed by atoms with Gasteiger partial charge in [0.1, 0.15) is 6.61 Å². The highest BCUT2D eigenvalue weighted by molar-refractivity contribution is 5.75. The van der Waals surface area contributed by atoms with Crippen molar-refractivity contribution in [2.45, 2.75) is 19.1 Å². The van der Waals surface area contributed by atoms with E-state index in [-0.39, 0.29) is 6.04 Å². The van der Waals surface area contributed by atoms with E-state index in [1.54, 1.807) is 0 Å². The van der Waals surface area contributed by atoms with Crippen LogP contribution in [-0.4, -0.2) is 30.3 Å². The SMILES string of the molecule is CC(NC1=NCCO1)C(O)c1ccccc1. The lowest BCUT2D eigenvalue weighted by atomic mass is 10.0. The van der Waals surface area contributed by atoms with Gasteiger partial charge in [0.15, 0.2) is 0 Å². The van der Waals surface area contributed by atoms with E-state index in [2.05, 4.69) is 10.3 Å². The molecule has 2 N–H and O–H groups in total. The van der Waals surface area contributed by atoms with Gasteiger partial charge >= 0.3 is 0 Å². The van der Waals surface area contributed by atoms with Crippen LogP contribution in [0.2, 0.25) is 0 Å². The van der Waals surface area contributed by atoms with E-state index < -0.39 is 6.10 Å². The molecular formula is C12H16N2O2. The number of rotatable bonds is 3. The van der Waals surface area contributed by atoms with Crippen molar-refractivity contribution in [1.29, 1.82) is 0 Å². The van der Waals surface area contributed by atoms with E-state index in [0.717, 1.165) is 5.56 Å². The highest BCUT2D eigenvalue weighted by atomic mass is 16.5. The molecule has 1 aliphatic heterocycles. The number of hydrogen-bond donors (Lipinski definition) is 2. The van der Waals surface area contributed by atoms with Crippen molar-refractivity contribution in [3.8, 4) is 0 Å². The number of hydrogen-bond acceptors (Lipinski definition) is 4. The number of ether oxygens (including phenoxy) is 1. The maximum Gasteiger partial charge on any atom is 0.285 e. The van der Waals surface area contributed by atoms with Crippen LogP contribution in [0.4, 0.5) is 0 Å². The third-order valence-corrected chi connectivity index (χ3v) is 2.55. The first-order chi connectivity index (χ1) is 7.77. The van der Waals surface area contributed by atoms with Gasteiger partial charge in [0.05, 0.1) is 18.7 Å². The van der Waals surface area contributed by atoms with Crippen LogP contribution in [0.15, 0.2) is 35.3 Å². The Kier molecular flexibility index (Phi) is 3.41. The summed E-state index contributed by atoms with van der Waals surface area (Å²) in [7, 11) is 0. The fourth-order valence-electron chi connectivity index (χ4n) is 1.64. The molecule has 0 radical (unpaired) electrons. The van der Waals surface area contributed by atoms with E-state index in [1.807, 2.05) is 37.3 Å². The topological polar surface area (TPSA) is 53.9 Å². The molecule has 1 heterocycles. The summed E-state index contributed by atoms with van der Waals surface area (Å²) in [5.41, 5.74) is 0.890. The van der Waals surface area contributed by atoms with Crippen molar-refractivity contribution in [3.05, 3.63) is 35.9 Å². The van der Waals surface area contributed by atoms with Crippen molar-refractivity contribution in [1.82, 2.24) is 5.32 Å². The summed E-state index contributed by atoms with van der Waals surface area (Å²) >= 11 is 0. The lowest BCUT2D eigenvalue weighted by Crippen LogP contribution is -2.37. The third-order valence-electron chi connectivity index (χ3n) is 2.55. The Morgan fingerprint density at radius 1 is 1.38 bits per heavy atom. The smallest absolute Gasteiger partial charge is 0.285 e. The standard InChI is InChI=1S/C12H16N2O2/c1-9(14-12-13-7-8-16-12)11(15)10-5-3-2-4-6-10/h2-6,9,11,15H,7-8H2,1H3,(H,13,14). The highest BCUT2D eigenvalue weighted by Gasteiger charge is 2.19. The number of aliphatic imine (C=N–C) groups is 1. The van der Waals surface area contributed by atoms with Gasteiger partial charge in [0.25, 0.3) is 6.02 Å². The molecule has 0 saturated heterocycles. The first kappa shape index (κ1) is 11.0. The van der Waals surface area contributed by atoms with Gasteiger partial charge in [0.2, 0.25) is 0 Å². The van der Waals surface area contributed by atoms with Gasteiger partial charge in [-0.05, 0) is 12.5 Å². The number of aliphatic hydroxyl groups is 1. The zero-order valence-electron chi connectivity index (χ0n) is 9.26. The normalized spacial score (nSPS) is 18.5. The summed E-state index contributed by atoms with van der Waals surface area (Å²) in [6.45, 7) is 3.22. The molecule has 0 amide bonds. The number of amidine groups is 1. The molecule has 1 aromatic carbocycles. The molecule has 86 valence electrons. The Labute approximate surface area is 95.0 Å². The fourth-order valence-corrected chi connectivity index (χ4v) is 1.64. The van der Waals surface area contributed by atoms with E-state index in [0.29, 0.717) is 19.2 Å². The Bertz CT molecular complexity index is 365. The summed E-state index contributed by atoms with van der Waals surface area (Å²) in [6, 6.07) is 9.96. The first-order valence-corrected chi connectivity index (χ1v) is 5.44. The second kappa shape index (κ2) is 4.99. The van der Waals surface area contributed by atoms with Crippen molar-refractivity contribution < 1.29 is 9.84 Å². The molecule has 0 bridgehead atoms. The minimum atomic E-state index is -0.562. The molecule has 0 fully saturated rings. The minimum absolute atomic E-state index is 0.126. The van der Waals surface area contributed by atoms with Gasteiger partial charge < -0.3 is 15.2 Å². The maximum absolute atomic E-state index is 10.1. The molecule has 2 rings (SSSR count). The predicted octanol–water partition coefficient (Wildman–Crippen LogP) is 1.08. The average Bonchev–Trinajstić information content (AvgIpc) is 2.82. The zero-order valence-corrected chi connectivity index (χ0v) is 9.26. The van der Waals surface area contributed by atoms with Gasteiger partial charge in [0, 0.05) is 0 Å². The van der Waals surface area contributed by atoms with Gasteiger partial charge in [-0.1, -0.05) is 30.3 Å². The minimum Gasteiger partial charge on any atom is -0.463 e. The molecule has 16 heavy (non-hydrogen) atoms. The lowest BCUT2D eigenvalue weighted by Gasteiger charge is -2.20. The zero-order chi connectivity index (χ0) is 11.4. The molecule has 4 nitrogen and oxygen atoms in total. The van der Waals surface area contributed by atoms with Crippen LogP contribution in [0, 0.1) is 0 Å². The third kappa shape index (κ3) is 2.52. The molecule has 0 saturated carbocycles. The molecule has 4 heteroatoms. The van der Waals surface area contributed by atoms with Crippen molar-refractivity contribution >= 4 is 6.02 Å². The van der Waals surface area contributed by atoms with Crippen LogP contribution in [0.5, 0.6) is 0 Å². The van der Waals surface area contributed by atoms with Crippen LogP contribution in [0.1, 0.15) is 18.6 Å². The molecular weight excluding hydrogens is 204 g/mol. The lowest BCUT2D eigenvalue weighted by molar-refractivity contribution is 0.141. The van der Waals surface area contributed by atoms with Crippen molar-refractivity contribution in [2.24, 2.45) is 4.99 Å². The van der Waals surface area contributed by atoms with Crippen molar-refractivity contribution in [3.63, 3.8) is 0 Å². The van der Waals surface area contributed by atoms with Gasteiger partial charge in [-0.2, -0.15) is 0 Å². The van der Waals surface area contributed by atoms with Crippen LogP contribution < -0.4 is 5.32 Å². The largest absolute Gasteiger partial charge is 0.463 e. The molecule has 1 aromatic rings. The summed E-state index contributed by atoms with van der Waals surface area (Å²) in [5, 5.41) is 13.1. The van der Waals surface area contributed by atoms with Gasteiger partial charge in [-0.15, -0.1) is 0 Å². The molecule has 0 aromatic heterocycles. The van der Waals surface area contributed by atoms with Crippen LogP contribution in [0.3, 0.4) is 0 Å². The summed E-state index contributed by atoms with van der Waals surface area (Å²) in [6.07, 6.45) is -0.562. The number of nitrogens with zero attached hydrogens (tertiary/aromatic N) is 1. The summed E-state index contributed by atoms with van der Waals surface area (Å²) < 4.78 is 5.24. The number of benzene rings is 1.